The summed E-state index contributed by atoms with van der Waals surface area (Å²) in [7, 11) is 0. The zero-order chi connectivity index (χ0) is 15.7. The van der Waals surface area contributed by atoms with E-state index in [1.807, 2.05) is 12.1 Å². The number of carboxylic acids is 1. The van der Waals surface area contributed by atoms with E-state index in [9.17, 15) is 4.79 Å². The number of pyridine rings is 1. The Balaban J connectivity index is 1.81. The molecule has 0 bridgehead atoms. The molecule has 2 aromatic heterocycles. The molecule has 0 unspecified atom stereocenters. The van der Waals surface area contributed by atoms with E-state index < -0.39 is 5.97 Å². The van der Waals surface area contributed by atoms with Gasteiger partial charge in [-0.25, -0.2) is 14.5 Å². The highest BCUT2D eigenvalue weighted by atomic mass is 16.4. The van der Waals surface area contributed by atoms with E-state index in [1.54, 1.807) is 13.1 Å². The van der Waals surface area contributed by atoms with Gasteiger partial charge in [0.25, 0.3) is 0 Å². The second-order valence-corrected chi connectivity index (χ2v) is 5.78. The first-order valence-corrected chi connectivity index (χ1v) is 7.43. The number of aromatic carboxylic acids is 1. The number of piperidine rings is 1. The largest absolute Gasteiger partial charge is 0.476 e. The topological polar surface area (TPSA) is 84.1 Å². The third-order valence-electron chi connectivity index (χ3n) is 4.18. The maximum absolute atomic E-state index is 11.0. The van der Waals surface area contributed by atoms with E-state index >= 15 is 0 Å². The van der Waals surface area contributed by atoms with Crippen molar-refractivity contribution in [2.24, 2.45) is 5.92 Å². The van der Waals surface area contributed by atoms with Gasteiger partial charge in [-0.15, -0.1) is 5.10 Å². The van der Waals surface area contributed by atoms with E-state index in [4.69, 9.17) is 5.11 Å². The van der Waals surface area contributed by atoms with E-state index in [-0.39, 0.29) is 5.69 Å². The molecule has 1 N–H and O–H groups in total. The van der Waals surface area contributed by atoms with Crippen LogP contribution in [-0.2, 0) is 0 Å². The number of hydrogen-bond acceptors (Lipinski definition) is 5. The van der Waals surface area contributed by atoms with Crippen LogP contribution in [-0.4, -0.2) is 44.1 Å². The third-order valence-corrected chi connectivity index (χ3v) is 4.18. The van der Waals surface area contributed by atoms with Gasteiger partial charge in [0.2, 0.25) is 0 Å². The monoisotopic (exact) mass is 301 g/mol. The number of carbonyl (C=O) groups is 1. The van der Waals surface area contributed by atoms with Gasteiger partial charge in [0.1, 0.15) is 5.82 Å². The van der Waals surface area contributed by atoms with Crippen LogP contribution >= 0.6 is 0 Å². The summed E-state index contributed by atoms with van der Waals surface area (Å²) in [6.45, 7) is 6.02. The number of aromatic nitrogens is 4. The lowest BCUT2D eigenvalue weighted by Crippen LogP contribution is -2.33. The van der Waals surface area contributed by atoms with E-state index in [1.165, 1.54) is 17.5 Å². The molecule has 3 rings (SSSR count). The highest BCUT2D eigenvalue weighted by Crippen LogP contribution is 2.22. The van der Waals surface area contributed by atoms with Crippen molar-refractivity contribution in [3.8, 4) is 5.69 Å². The van der Waals surface area contributed by atoms with Crippen LogP contribution in [0.2, 0.25) is 0 Å². The Bertz CT molecular complexity index is 672. The van der Waals surface area contributed by atoms with Gasteiger partial charge < -0.3 is 10.0 Å². The molecular weight excluding hydrogens is 282 g/mol. The second-order valence-electron chi connectivity index (χ2n) is 5.78. The Morgan fingerprint density at radius 3 is 2.59 bits per heavy atom. The summed E-state index contributed by atoms with van der Waals surface area (Å²) >= 11 is 0. The van der Waals surface area contributed by atoms with Gasteiger partial charge in [0.15, 0.2) is 5.69 Å². The highest BCUT2D eigenvalue weighted by molar-refractivity contribution is 5.86. The van der Waals surface area contributed by atoms with Crippen LogP contribution < -0.4 is 4.90 Å². The second kappa shape index (κ2) is 5.75. The zero-order valence-electron chi connectivity index (χ0n) is 12.7. The number of rotatable bonds is 3. The Morgan fingerprint density at radius 2 is 2.05 bits per heavy atom. The maximum atomic E-state index is 11.0. The fourth-order valence-electron chi connectivity index (χ4n) is 2.70. The van der Waals surface area contributed by atoms with Crippen LogP contribution in [0.4, 0.5) is 5.82 Å². The molecule has 1 aliphatic heterocycles. The minimum atomic E-state index is -1.07. The number of anilines is 1. The standard InChI is InChI=1S/C15H19N5O2/c1-10-5-7-19(8-6-10)13-4-3-12(9-16-13)20-11(2)14(15(21)22)17-18-20/h3-4,9-10H,5-8H2,1-2H3,(H,21,22). The van der Waals surface area contributed by atoms with Crippen LogP contribution in [0.15, 0.2) is 18.3 Å². The van der Waals surface area contributed by atoms with Crippen molar-refractivity contribution in [1.82, 2.24) is 20.0 Å². The zero-order valence-corrected chi connectivity index (χ0v) is 12.7. The molecule has 0 aliphatic carbocycles. The number of carboxylic acid groups (broad SMARTS) is 1. The first-order valence-electron chi connectivity index (χ1n) is 7.43. The molecular formula is C15H19N5O2. The van der Waals surface area contributed by atoms with Gasteiger partial charge in [-0.3, -0.25) is 0 Å². The Labute approximate surface area is 128 Å². The Hall–Kier alpha value is -2.44. The van der Waals surface area contributed by atoms with Crippen LogP contribution in [0.1, 0.15) is 35.9 Å². The van der Waals surface area contributed by atoms with Crippen molar-refractivity contribution in [3.63, 3.8) is 0 Å². The van der Waals surface area contributed by atoms with Crippen molar-refractivity contribution in [1.29, 1.82) is 0 Å². The predicted molar refractivity (Wildman–Crippen MR) is 81.5 cm³/mol. The minimum Gasteiger partial charge on any atom is -0.476 e. The summed E-state index contributed by atoms with van der Waals surface area (Å²) in [5.41, 5.74) is 1.18. The quantitative estimate of drug-likeness (QED) is 0.932. The van der Waals surface area contributed by atoms with Crippen molar-refractivity contribution in [2.75, 3.05) is 18.0 Å². The van der Waals surface area contributed by atoms with Gasteiger partial charge >= 0.3 is 5.97 Å². The number of nitrogens with zero attached hydrogens (tertiary/aromatic N) is 5. The van der Waals surface area contributed by atoms with Gasteiger partial charge in [-0.05, 0) is 37.8 Å². The van der Waals surface area contributed by atoms with Crippen LogP contribution in [0.3, 0.4) is 0 Å². The van der Waals surface area contributed by atoms with Crippen molar-refractivity contribution >= 4 is 11.8 Å². The molecule has 2 aromatic rings. The lowest BCUT2D eigenvalue weighted by atomic mass is 9.99. The molecule has 0 amide bonds. The lowest BCUT2D eigenvalue weighted by molar-refractivity contribution is 0.0689. The Morgan fingerprint density at radius 1 is 1.32 bits per heavy atom. The van der Waals surface area contributed by atoms with E-state index in [0.29, 0.717) is 11.4 Å². The summed E-state index contributed by atoms with van der Waals surface area (Å²) in [4.78, 5) is 17.8. The van der Waals surface area contributed by atoms with Crippen LogP contribution in [0.5, 0.6) is 0 Å². The van der Waals surface area contributed by atoms with Crippen LogP contribution in [0, 0.1) is 12.8 Å². The molecule has 0 spiro atoms. The smallest absolute Gasteiger partial charge is 0.358 e. The number of hydrogen-bond donors (Lipinski definition) is 1. The fraction of sp³-hybridized carbons (Fsp3) is 0.467. The van der Waals surface area contributed by atoms with Crippen molar-refractivity contribution in [2.45, 2.75) is 26.7 Å². The lowest BCUT2D eigenvalue weighted by Gasteiger charge is -2.31. The third kappa shape index (κ3) is 2.66. The molecule has 3 heterocycles. The van der Waals surface area contributed by atoms with E-state index in [2.05, 4.69) is 27.1 Å². The van der Waals surface area contributed by atoms with Crippen molar-refractivity contribution in [3.05, 3.63) is 29.7 Å². The van der Waals surface area contributed by atoms with Gasteiger partial charge in [0, 0.05) is 13.1 Å². The molecule has 1 aliphatic rings. The first-order chi connectivity index (χ1) is 10.6. The average Bonchev–Trinajstić information content (AvgIpc) is 2.90. The summed E-state index contributed by atoms with van der Waals surface area (Å²) in [6, 6.07) is 3.85. The fourth-order valence-corrected chi connectivity index (χ4v) is 2.70. The average molecular weight is 301 g/mol. The van der Waals surface area contributed by atoms with Crippen LogP contribution in [0.25, 0.3) is 5.69 Å². The highest BCUT2D eigenvalue weighted by Gasteiger charge is 2.18. The first kappa shape index (κ1) is 14.5. The summed E-state index contributed by atoms with van der Waals surface area (Å²) < 4.78 is 1.50. The van der Waals surface area contributed by atoms with E-state index in [0.717, 1.165) is 24.8 Å². The van der Waals surface area contributed by atoms with Gasteiger partial charge in [0.05, 0.1) is 17.6 Å². The van der Waals surface area contributed by atoms with Gasteiger partial charge in [-0.2, -0.15) is 0 Å². The molecule has 0 atom stereocenters. The molecule has 7 heteroatoms. The molecule has 1 fully saturated rings. The predicted octanol–water partition coefficient (Wildman–Crippen LogP) is 1.91. The molecule has 0 saturated carbocycles. The molecule has 22 heavy (non-hydrogen) atoms. The molecule has 1 saturated heterocycles. The SMILES string of the molecule is Cc1c(C(=O)O)nnn1-c1ccc(N2CCC(C)CC2)nc1. The molecule has 0 radical (unpaired) electrons. The maximum Gasteiger partial charge on any atom is 0.358 e. The summed E-state index contributed by atoms with van der Waals surface area (Å²) in [5, 5.41) is 16.6. The molecule has 7 nitrogen and oxygen atoms in total. The molecule has 0 aromatic carbocycles. The van der Waals surface area contributed by atoms with Gasteiger partial charge in [-0.1, -0.05) is 12.1 Å². The summed E-state index contributed by atoms with van der Waals surface area (Å²) in [6.07, 6.45) is 4.09. The summed E-state index contributed by atoms with van der Waals surface area (Å²) in [5.74, 6) is 0.658. The molecule has 116 valence electrons. The Kier molecular flexibility index (Phi) is 3.79. The van der Waals surface area contributed by atoms with Crippen molar-refractivity contribution < 1.29 is 9.90 Å². The normalized spacial score (nSPS) is 16.0. The minimum absolute atomic E-state index is 0.0332.